The molecule has 4 heteroatoms. The fourth-order valence-corrected chi connectivity index (χ4v) is 7.66. The topological polar surface area (TPSA) is 32.8 Å². The van der Waals surface area contributed by atoms with Crippen LogP contribution in [0.5, 0.6) is 0 Å². The molecule has 2 aromatic heterocycles. The highest BCUT2D eigenvalue weighted by Crippen LogP contribution is 2.44. The molecule has 0 atom stereocenters. The zero-order valence-corrected chi connectivity index (χ0v) is 30.0. The third kappa shape index (κ3) is 5.64. The molecule has 10 aromatic rings. The SMILES string of the molecule is [2H]C([2H])=C([2H])c1ccc(N(c2ccc(-c3ccc(N(c4ccc(C([2H])=C([2H])[2H])cc4)c4cccc5c4oc4ccccc45)cc3)cc2)c2cccc3c2oc2ccccc23)cc1. The number of benzene rings is 8. The molecule has 0 saturated carbocycles. The first kappa shape index (κ1) is 27.1. The first-order valence-electron chi connectivity index (χ1n) is 21.3. The molecule has 8 aromatic carbocycles. The second-order valence-corrected chi connectivity index (χ2v) is 13.6. The maximum atomic E-state index is 8.21. The van der Waals surface area contributed by atoms with E-state index >= 15 is 0 Å². The van der Waals surface area contributed by atoms with Crippen LogP contribution >= 0.6 is 0 Å². The van der Waals surface area contributed by atoms with Gasteiger partial charge in [0.15, 0.2) is 11.2 Å². The Balaban J connectivity index is 1.04. The highest BCUT2D eigenvalue weighted by molar-refractivity contribution is 6.11. The van der Waals surface area contributed by atoms with Crippen LogP contribution in [-0.2, 0) is 0 Å². The van der Waals surface area contributed by atoms with Gasteiger partial charge in [-0.2, -0.15) is 0 Å². The zero-order chi connectivity index (χ0) is 42.5. The molecule has 0 spiro atoms. The Morgan fingerprint density at radius 1 is 0.393 bits per heavy atom. The third-order valence-electron chi connectivity index (χ3n) is 10.4. The summed E-state index contributed by atoms with van der Waals surface area (Å²) in [6.07, 6.45) is 0. The molecule has 0 aliphatic heterocycles. The monoisotopic (exact) mass is 726 g/mol. The van der Waals surface area contributed by atoms with Gasteiger partial charge in [-0.25, -0.2) is 0 Å². The van der Waals surface area contributed by atoms with Crippen molar-refractivity contribution in [2.75, 3.05) is 9.80 Å². The lowest BCUT2D eigenvalue weighted by molar-refractivity contribution is 0.668. The average Bonchev–Trinajstić information content (AvgIpc) is 3.89. The van der Waals surface area contributed by atoms with Gasteiger partial charge < -0.3 is 18.6 Å². The van der Waals surface area contributed by atoms with Gasteiger partial charge in [0.1, 0.15) is 11.2 Å². The second-order valence-electron chi connectivity index (χ2n) is 13.6. The Bertz CT molecular complexity index is 3120. The van der Waals surface area contributed by atoms with E-state index in [1.165, 1.54) is 0 Å². The number of hydrogen-bond acceptors (Lipinski definition) is 4. The molecule has 266 valence electrons. The van der Waals surface area contributed by atoms with Crippen molar-refractivity contribution in [2.45, 2.75) is 0 Å². The Morgan fingerprint density at radius 2 is 0.750 bits per heavy atom. The minimum Gasteiger partial charge on any atom is -0.454 e. The largest absolute Gasteiger partial charge is 0.454 e. The smallest absolute Gasteiger partial charge is 0.159 e. The van der Waals surface area contributed by atoms with Crippen molar-refractivity contribution in [1.29, 1.82) is 0 Å². The molecule has 10 rings (SSSR count). The summed E-state index contributed by atoms with van der Waals surface area (Å²) in [6.45, 7) is -1.08. The zero-order valence-electron chi connectivity index (χ0n) is 36.0. The van der Waals surface area contributed by atoms with E-state index in [-0.39, 0.29) is 12.1 Å². The fourth-order valence-electron chi connectivity index (χ4n) is 7.66. The molecule has 0 radical (unpaired) electrons. The molecule has 0 saturated heterocycles. The van der Waals surface area contributed by atoms with Gasteiger partial charge in [-0.1, -0.05) is 134 Å². The quantitative estimate of drug-likeness (QED) is 0.148. The molecule has 0 aliphatic rings. The Labute approximate surface area is 333 Å². The van der Waals surface area contributed by atoms with E-state index in [2.05, 4.69) is 82.6 Å². The summed E-state index contributed by atoms with van der Waals surface area (Å²) < 4.78 is 60.1. The summed E-state index contributed by atoms with van der Waals surface area (Å²) in [5.41, 5.74) is 11.2. The Hall–Kier alpha value is -7.56. The molecule has 4 nitrogen and oxygen atoms in total. The maximum absolute atomic E-state index is 8.21. The van der Waals surface area contributed by atoms with Gasteiger partial charge in [-0.15, -0.1) is 0 Å². The molecule has 0 bridgehead atoms. The van der Waals surface area contributed by atoms with Crippen LogP contribution in [-0.4, -0.2) is 0 Å². The van der Waals surface area contributed by atoms with Crippen LogP contribution < -0.4 is 9.80 Å². The van der Waals surface area contributed by atoms with E-state index in [0.29, 0.717) is 11.1 Å². The van der Waals surface area contributed by atoms with Crippen molar-refractivity contribution < 1.29 is 17.1 Å². The molecule has 0 N–H and O–H groups in total. The number of anilines is 6. The summed E-state index contributed by atoms with van der Waals surface area (Å²) in [5, 5.41) is 4.04. The van der Waals surface area contributed by atoms with Crippen molar-refractivity contribution in [3.8, 4) is 11.1 Å². The summed E-state index contributed by atoms with van der Waals surface area (Å²) in [7, 11) is 0. The minimum absolute atomic E-state index is 0.144. The standard InChI is InChI=1S/C52H36N2O2/c1-3-35-19-27-39(28-20-35)53(47-15-9-13-45-43-11-5-7-17-49(43)55-51(45)47)41-31-23-37(24-32-41)38-25-33-42(34-26-38)54(40-29-21-36(4-2)22-30-40)48-16-10-14-46-44-12-6-8-18-50(44)56-52(46)48/h3-34H,1-2H2/i1D2,2D2,3D,4D. The number of fused-ring (bicyclic) bond motifs is 6. The van der Waals surface area contributed by atoms with Gasteiger partial charge in [0, 0.05) is 44.3 Å². The van der Waals surface area contributed by atoms with E-state index < -0.39 is 13.1 Å². The lowest BCUT2D eigenvalue weighted by Gasteiger charge is -2.26. The second kappa shape index (κ2) is 13.7. The molecule has 56 heavy (non-hydrogen) atoms. The van der Waals surface area contributed by atoms with E-state index in [1.807, 2.05) is 84.9 Å². The van der Waals surface area contributed by atoms with Crippen LogP contribution in [0.3, 0.4) is 0 Å². The van der Waals surface area contributed by atoms with Gasteiger partial charge in [-0.3, -0.25) is 0 Å². The molecular weight excluding hydrogens is 685 g/mol. The third-order valence-corrected chi connectivity index (χ3v) is 10.4. The van der Waals surface area contributed by atoms with Crippen LogP contribution in [0.2, 0.25) is 0 Å². The van der Waals surface area contributed by atoms with Crippen molar-refractivity contribution in [1.82, 2.24) is 0 Å². The number of hydrogen-bond donors (Lipinski definition) is 0. The lowest BCUT2D eigenvalue weighted by atomic mass is 10.0. The highest BCUT2D eigenvalue weighted by Gasteiger charge is 2.21. The van der Waals surface area contributed by atoms with Crippen molar-refractivity contribution >= 4 is 90.1 Å². The Kier molecular flexibility index (Phi) is 6.62. The van der Waals surface area contributed by atoms with Gasteiger partial charge in [-0.05, 0) is 95.1 Å². The van der Waals surface area contributed by atoms with Crippen molar-refractivity contribution in [3.05, 3.63) is 206 Å². The normalized spacial score (nSPS) is 12.7. The van der Waals surface area contributed by atoms with Crippen LogP contribution in [0, 0.1) is 0 Å². The minimum atomic E-state index is -0.540. The van der Waals surface area contributed by atoms with Crippen LogP contribution in [0.4, 0.5) is 34.1 Å². The predicted molar refractivity (Wildman–Crippen MR) is 236 cm³/mol. The number of para-hydroxylation sites is 4. The van der Waals surface area contributed by atoms with E-state index in [9.17, 15) is 0 Å². The molecule has 0 amide bonds. The summed E-state index contributed by atoms with van der Waals surface area (Å²) in [6, 6.07) is 59.2. The van der Waals surface area contributed by atoms with Gasteiger partial charge >= 0.3 is 0 Å². The van der Waals surface area contributed by atoms with Crippen molar-refractivity contribution in [2.24, 2.45) is 0 Å². The van der Waals surface area contributed by atoms with E-state index in [0.717, 1.165) is 89.1 Å². The van der Waals surface area contributed by atoms with Crippen molar-refractivity contribution in [3.63, 3.8) is 0 Å². The molecule has 0 unspecified atom stereocenters. The van der Waals surface area contributed by atoms with E-state index in [1.54, 1.807) is 24.3 Å². The molecule has 0 fully saturated rings. The van der Waals surface area contributed by atoms with Crippen LogP contribution in [0.25, 0.3) is 67.1 Å². The number of nitrogens with zero attached hydrogens (tertiary/aromatic N) is 2. The van der Waals surface area contributed by atoms with Gasteiger partial charge in [0.05, 0.1) is 19.6 Å². The fraction of sp³-hybridized carbons (Fsp3) is 0. The Morgan fingerprint density at radius 3 is 1.14 bits per heavy atom. The molecule has 2 heterocycles. The number of rotatable bonds is 9. The highest BCUT2D eigenvalue weighted by atomic mass is 16.3. The predicted octanol–water partition coefficient (Wildman–Crippen LogP) is 15.4. The molecule has 0 aliphatic carbocycles. The average molecular weight is 727 g/mol. The van der Waals surface area contributed by atoms with Crippen LogP contribution in [0.1, 0.15) is 19.4 Å². The first-order valence-corrected chi connectivity index (χ1v) is 18.3. The summed E-state index contributed by atoms with van der Waals surface area (Å²) >= 11 is 0. The van der Waals surface area contributed by atoms with Crippen LogP contribution in [0.15, 0.2) is 204 Å². The maximum Gasteiger partial charge on any atom is 0.159 e. The molecular formula is C52H36N2O2. The number of furan rings is 2. The summed E-state index contributed by atoms with van der Waals surface area (Å²) in [5.74, 6) is 0. The first-order chi connectivity index (χ1) is 30.2. The lowest BCUT2D eigenvalue weighted by Crippen LogP contribution is -2.10. The van der Waals surface area contributed by atoms with Gasteiger partial charge in [0.2, 0.25) is 0 Å². The summed E-state index contributed by atoms with van der Waals surface area (Å²) in [4.78, 5) is 4.24. The van der Waals surface area contributed by atoms with Gasteiger partial charge in [0.25, 0.3) is 0 Å². The van der Waals surface area contributed by atoms with E-state index in [4.69, 9.17) is 17.1 Å².